The second-order valence-corrected chi connectivity index (χ2v) is 4.42. The zero-order valence-corrected chi connectivity index (χ0v) is 9.93. The van der Waals surface area contributed by atoms with Crippen LogP contribution in [-0.2, 0) is 0 Å². The minimum absolute atomic E-state index is 0.640. The molecule has 80 valence electrons. The summed E-state index contributed by atoms with van der Waals surface area (Å²) < 4.78 is 0. The van der Waals surface area contributed by atoms with Crippen molar-refractivity contribution in [1.29, 1.82) is 0 Å². The highest BCUT2D eigenvalue weighted by atomic mass is 15.1. The van der Waals surface area contributed by atoms with Gasteiger partial charge >= 0.3 is 0 Å². The first-order valence-electron chi connectivity index (χ1n) is 5.46. The van der Waals surface area contributed by atoms with E-state index in [0.29, 0.717) is 6.04 Å². The quantitative estimate of drug-likeness (QED) is 0.612. The van der Waals surface area contributed by atoms with E-state index in [4.69, 9.17) is 0 Å². The summed E-state index contributed by atoms with van der Waals surface area (Å²) in [6, 6.07) is 0.640. The Labute approximate surface area is 83.7 Å². The monoisotopic (exact) mass is 186 g/mol. The lowest BCUT2D eigenvalue weighted by Crippen LogP contribution is -2.42. The fraction of sp³-hybridized carbons (Fsp3) is 1.00. The van der Waals surface area contributed by atoms with Gasteiger partial charge in [-0.15, -0.1) is 0 Å². The Kier molecular flexibility index (Phi) is 7.29. The number of nitrogens with zero attached hydrogens (tertiary/aromatic N) is 1. The van der Waals surface area contributed by atoms with E-state index in [9.17, 15) is 0 Å². The topological polar surface area (TPSA) is 15.3 Å². The molecule has 0 aliphatic heterocycles. The summed E-state index contributed by atoms with van der Waals surface area (Å²) in [6.07, 6.45) is 2.57. The maximum absolute atomic E-state index is 3.61. The van der Waals surface area contributed by atoms with Gasteiger partial charge in [0.05, 0.1) is 0 Å². The van der Waals surface area contributed by atoms with E-state index in [1.807, 2.05) is 0 Å². The van der Waals surface area contributed by atoms with Gasteiger partial charge in [0.2, 0.25) is 0 Å². The Morgan fingerprint density at radius 1 is 1.23 bits per heavy atom. The SMILES string of the molecule is CCCCNC(CN(C)C)C(C)C. The standard InChI is InChI=1S/C11H26N2/c1-6-7-8-12-11(10(2)3)9-13(4)5/h10-12H,6-9H2,1-5H3. The van der Waals surface area contributed by atoms with Crippen LogP contribution in [0.4, 0.5) is 0 Å². The summed E-state index contributed by atoms with van der Waals surface area (Å²) in [5.41, 5.74) is 0. The van der Waals surface area contributed by atoms with E-state index in [1.165, 1.54) is 12.8 Å². The molecule has 0 aromatic rings. The molecule has 0 aromatic carbocycles. The van der Waals surface area contributed by atoms with Crippen molar-refractivity contribution in [2.75, 3.05) is 27.2 Å². The summed E-state index contributed by atoms with van der Waals surface area (Å²) in [5, 5.41) is 3.61. The van der Waals surface area contributed by atoms with Crippen LogP contribution < -0.4 is 5.32 Å². The van der Waals surface area contributed by atoms with Gasteiger partial charge in [-0.3, -0.25) is 0 Å². The molecule has 2 nitrogen and oxygen atoms in total. The Balaban J connectivity index is 3.67. The first kappa shape index (κ1) is 12.9. The lowest BCUT2D eigenvalue weighted by atomic mass is 10.0. The van der Waals surface area contributed by atoms with E-state index in [0.717, 1.165) is 19.0 Å². The smallest absolute Gasteiger partial charge is 0.0217 e. The van der Waals surface area contributed by atoms with Crippen LogP contribution >= 0.6 is 0 Å². The molecule has 0 aliphatic rings. The van der Waals surface area contributed by atoms with Crippen molar-refractivity contribution in [1.82, 2.24) is 10.2 Å². The van der Waals surface area contributed by atoms with Gasteiger partial charge in [0, 0.05) is 12.6 Å². The van der Waals surface area contributed by atoms with Crippen molar-refractivity contribution in [2.45, 2.75) is 39.7 Å². The van der Waals surface area contributed by atoms with Gasteiger partial charge in [0.25, 0.3) is 0 Å². The van der Waals surface area contributed by atoms with Crippen LogP contribution in [0.25, 0.3) is 0 Å². The zero-order valence-electron chi connectivity index (χ0n) is 9.93. The molecule has 0 spiro atoms. The molecule has 0 aliphatic carbocycles. The van der Waals surface area contributed by atoms with Crippen molar-refractivity contribution < 1.29 is 0 Å². The highest BCUT2D eigenvalue weighted by Gasteiger charge is 2.12. The van der Waals surface area contributed by atoms with Crippen LogP contribution in [0.15, 0.2) is 0 Å². The molecular formula is C11H26N2. The minimum atomic E-state index is 0.640. The Hall–Kier alpha value is -0.0800. The molecule has 0 saturated heterocycles. The number of unbranched alkanes of at least 4 members (excludes halogenated alkanes) is 1. The number of rotatable bonds is 7. The maximum atomic E-state index is 3.61. The molecule has 1 unspecified atom stereocenters. The molecule has 0 aromatic heterocycles. The number of hydrogen-bond acceptors (Lipinski definition) is 2. The second kappa shape index (κ2) is 7.34. The van der Waals surface area contributed by atoms with Gasteiger partial charge in [-0.25, -0.2) is 0 Å². The average Bonchev–Trinajstić information content (AvgIpc) is 2.02. The molecule has 0 radical (unpaired) electrons. The van der Waals surface area contributed by atoms with Crippen molar-refractivity contribution in [3.8, 4) is 0 Å². The van der Waals surface area contributed by atoms with E-state index < -0.39 is 0 Å². The Morgan fingerprint density at radius 3 is 2.23 bits per heavy atom. The fourth-order valence-electron chi connectivity index (χ4n) is 1.37. The Morgan fingerprint density at radius 2 is 1.85 bits per heavy atom. The summed E-state index contributed by atoms with van der Waals surface area (Å²) in [4.78, 5) is 2.25. The molecule has 0 rings (SSSR count). The molecule has 0 bridgehead atoms. The van der Waals surface area contributed by atoms with Gasteiger partial charge < -0.3 is 10.2 Å². The van der Waals surface area contributed by atoms with Gasteiger partial charge in [-0.05, 0) is 33.0 Å². The third-order valence-electron chi connectivity index (χ3n) is 2.30. The number of nitrogens with one attached hydrogen (secondary N) is 1. The molecule has 0 heterocycles. The zero-order chi connectivity index (χ0) is 10.3. The molecular weight excluding hydrogens is 160 g/mol. The van der Waals surface area contributed by atoms with Crippen LogP contribution in [0, 0.1) is 5.92 Å². The number of hydrogen-bond donors (Lipinski definition) is 1. The van der Waals surface area contributed by atoms with E-state index >= 15 is 0 Å². The van der Waals surface area contributed by atoms with Crippen molar-refractivity contribution in [3.05, 3.63) is 0 Å². The predicted molar refractivity (Wildman–Crippen MR) is 60.1 cm³/mol. The molecule has 0 fully saturated rings. The molecule has 13 heavy (non-hydrogen) atoms. The van der Waals surface area contributed by atoms with Gasteiger partial charge in [0.15, 0.2) is 0 Å². The largest absolute Gasteiger partial charge is 0.312 e. The summed E-state index contributed by atoms with van der Waals surface area (Å²) in [5.74, 6) is 0.722. The molecule has 1 N–H and O–H groups in total. The highest BCUT2D eigenvalue weighted by molar-refractivity contribution is 4.72. The average molecular weight is 186 g/mol. The second-order valence-electron chi connectivity index (χ2n) is 4.42. The molecule has 0 amide bonds. The fourth-order valence-corrected chi connectivity index (χ4v) is 1.37. The summed E-state index contributed by atoms with van der Waals surface area (Å²) in [6.45, 7) is 9.10. The predicted octanol–water partition coefficient (Wildman–Crippen LogP) is 1.96. The van der Waals surface area contributed by atoms with Crippen LogP contribution in [0.2, 0.25) is 0 Å². The Bertz CT molecular complexity index is 111. The van der Waals surface area contributed by atoms with Gasteiger partial charge in [-0.2, -0.15) is 0 Å². The third kappa shape index (κ3) is 7.03. The first-order chi connectivity index (χ1) is 6.07. The van der Waals surface area contributed by atoms with Gasteiger partial charge in [0.1, 0.15) is 0 Å². The minimum Gasteiger partial charge on any atom is -0.312 e. The first-order valence-corrected chi connectivity index (χ1v) is 5.46. The third-order valence-corrected chi connectivity index (χ3v) is 2.30. The van der Waals surface area contributed by atoms with Crippen LogP contribution in [0.5, 0.6) is 0 Å². The van der Waals surface area contributed by atoms with Crippen molar-refractivity contribution in [3.63, 3.8) is 0 Å². The van der Waals surface area contributed by atoms with E-state index in [-0.39, 0.29) is 0 Å². The van der Waals surface area contributed by atoms with Crippen molar-refractivity contribution in [2.24, 2.45) is 5.92 Å². The van der Waals surface area contributed by atoms with Gasteiger partial charge in [-0.1, -0.05) is 27.2 Å². The molecule has 1 atom stereocenters. The highest BCUT2D eigenvalue weighted by Crippen LogP contribution is 2.02. The van der Waals surface area contributed by atoms with E-state index in [1.54, 1.807) is 0 Å². The van der Waals surface area contributed by atoms with Crippen LogP contribution in [0.1, 0.15) is 33.6 Å². The summed E-state index contributed by atoms with van der Waals surface area (Å²) >= 11 is 0. The van der Waals surface area contributed by atoms with E-state index in [2.05, 4.69) is 45.1 Å². The van der Waals surface area contributed by atoms with Crippen molar-refractivity contribution >= 4 is 0 Å². The number of likely N-dealkylation sites (N-methyl/N-ethyl adjacent to an activating group) is 1. The lowest BCUT2D eigenvalue weighted by Gasteiger charge is -2.25. The maximum Gasteiger partial charge on any atom is 0.0217 e. The molecule has 2 heteroatoms. The lowest BCUT2D eigenvalue weighted by molar-refractivity contribution is 0.289. The van der Waals surface area contributed by atoms with Crippen LogP contribution in [0.3, 0.4) is 0 Å². The molecule has 0 saturated carbocycles. The normalized spacial score (nSPS) is 14.1. The summed E-state index contributed by atoms with van der Waals surface area (Å²) in [7, 11) is 4.27. The van der Waals surface area contributed by atoms with Crippen LogP contribution in [-0.4, -0.2) is 38.1 Å².